The van der Waals surface area contributed by atoms with Crippen molar-refractivity contribution in [2.24, 2.45) is 0 Å². The lowest BCUT2D eigenvalue weighted by Crippen LogP contribution is -2.25. The molecule has 0 fully saturated rings. The van der Waals surface area contributed by atoms with Gasteiger partial charge < -0.3 is 0 Å². The molecule has 3 rings (SSSR count). The van der Waals surface area contributed by atoms with E-state index < -0.39 is 7.26 Å². The van der Waals surface area contributed by atoms with Gasteiger partial charge in [-0.3, -0.25) is 0 Å². The number of hydrogen-bond donors (Lipinski definition) is 0. The summed E-state index contributed by atoms with van der Waals surface area (Å²) in [6.45, 7) is 23.5. The molecule has 0 bridgehead atoms. The van der Waals surface area contributed by atoms with Gasteiger partial charge >= 0.3 is 0 Å². The van der Waals surface area contributed by atoms with E-state index >= 15 is 0 Å². The molecule has 0 amide bonds. The van der Waals surface area contributed by atoms with Gasteiger partial charge in [-0.1, -0.05) is 62.3 Å². The predicted octanol–water partition coefficient (Wildman–Crippen LogP) is 8.31. The zero-order valence-corrected chi connectivity index (χ0v) is 25.7. The molecule has 0 nitrogen and oxygen atoms in total. The summed E-state index contributed by atoms with van der Waals surface area (Å²) < 4.78 is 4.69. The number of halogens is 1. The van der Waals surface area contributed by atoms with Crippen LogP contribution in [-0.2, 0) is 16.2 Å². The maximum atomic E-state index is 2.54. The van der Waals surface area contributed by atoms with E-state index in [-0.39, 0.29) is 40.2 Å². The van der Waals surface area contributed by atoms with Crippen molar-refractivity contribution in [2.45, 2.75) is 78.6 Å². The fourth-order valence-corrected chi connectivity index (χ4v) is 12.8. The van der Waals surface area contributed by atoms with Crippen molar-refractivity contribution in [2.75, 3.05) is 6.66 Å². The number of hydrogen-bond acceptors (Lipinski definition) is 3. The van der Waals surface area contributed by atoms with Crippen molar-refractivity contribution in [3.05, 3.63) is 51.0 Å². The van der Waals surface area contributed by atoms with Gasteiger partial charge in [-0.05, 0) is 52.6 Å². The smallest absolute Gasteiger partial charge is 0.107 e. The Kier molecular flexibility index (Phi) is 7.86. The molecule has 0 aromatic carbocycles. The highest BCUT2D eigenvalue weighted by Crippen LogP contribution is 2.57. The van der Waals surface area contributed by atoms with E-state index in [1.54, 1.807) is 13.9 Å². The molecule has 0 atom stereocenters. The second-order valence-corrected chi connectivity index (χ2v) is 18.8. The first kappa shape index (κ1) is 26.5. The average Bonchev–Trinajstić information content (AvgIpc) is 3.30. The van der Waals surface area contributed by atoms with E-state index in [1.807, 2.05) is 34.0 Å². The molecule has 30 heavy (non-hydrogen) atoms. The first-order chi connectivity index (χ1) is 13.1. The van der Waals surface area contributed by atoms with Gasteiger partial charge in [0, 0.05) is 14.6 Å². The van der Waals surface area contributed by atoms with Crippen LogP contribution in [0.2, 0.25) is 0 Å². The molecule has 0 aliphatic carbocycles. The highest BCUT2D eigenvalue weighted by molar-refractivity contribution is 14.0. The molecule has 0 N–H and O–H groups in total. The molecule has 0 spiro atoms. The molecule has 166 valence electrons. The first-order valence-electron chi connectivity index (χ1n) is 10.3. The standard InChI is InChI=1S/C25H36PS3.HI/c1-23(2,3)17-11-14-20(27-17)26(10,21-15-12-18(28-21)24(4,5)6)22-16-13-19(29-22)25(7,8)9;/h11-16H,1-10H3;1H/q+1;. The summed E-state index contributed by atoms with van der Waals surface area (Å²) in [6, 6.07) is 14.4. The number of rotatable bonds is 3. The molecule has 3 aromatic rings. The molecular formula is C25H37IPS3+. The van der Waals surface area contributed by atoms with Crippen molar-refractivity contribution < 1.29 is 0 Å². The molecule has 0 aliphatic heterocycles. The summed E-state index contributed by atoms with van der Waals surface area (Å²) in [5.74, 6) is 0. The SMILES string of the molecule is CC(C)(C)c1ccc([P+](C)(c2ccc(C(C)(C)C)s2)c2ccc(C(C)(C)C)s2)s1.I. The fourth-order valence-electron chi connectivity index (χ4n) is 3.24. The van der Waals surface area contributed by atoms with Crippen LogP contribution in [0, 0.1) is 0 Å². The lowest BCUT2D eigenvalue weighted by molar-refractivity contribution is 0.603. The third kappa shape index (κ3) is 5.25. The van der Waals surface area contributed by atoms with Crippen LogP contribution in [0.15, 0.2) is 36.4 Å². The van der Waals surface area contributed by atoms with Crippen molar-refractivity contribution in [1.82, 2.24) is 0 Å². The molecule has 0 unspecified atom stereocenters. The van der Waals surface area contributed by atoms with Crippen LogP contribution in [0.5, 0.6) is 0 Å². The van der Waals surface area contributed by atoms with Crippen molar-refractivity contribution >= 4 is 79.1 Å². The molecule has 0 aliphatic rings. The third-order valence-corrected chi connectivity index (χ3v) is 16.5. The summed E-state index contributed by atoms with van der Waals surface area (Å²) >= 11 is 6.10. The molecule has 0 saturated heterocycles. The summed E-state index contributed by atoms with van der Waals surface area (Å²) in [7, 11) is -1.62. The monoisotopic (exact) mass is 591 g/mol. The van der Waals surface area contributed by atoms with E-state index in [1.165, 1.54) is 14.6 Å². The summed E-state index contributed by atoms with van der Waals surface area (Å²) in [5.41, 5.74) is 0.601. The molecule has 3 aromatic heterocycles. The van der Waals surface area contributed by atoms with Gasteiger partial charge in [-0.25, -0.2) is 0 Å². The van der Waals surface area contributed by atoms with E-state index in [0.29, 0.717) is 0 Å². The van der Waals surface area contributed by atoms with E-state index in [9.17, 15) is 0 Å². The van der Waals surface area contributed by atoms with Crippen molar-refractivity contribution in [3.63, 3.8) is 0 Å². The summed E-state index contributed by atoms with van der Waals surface area (Å²) in [4.78, 5) is 4.46. The average molecular weight is 592 g/mol. The number of thiophene rings is 3. The minimum atomic E-state index is -1.62. The highest BCUT2D eigenvalue weighted by Gasteiger charge is 2.46. The molecule has 0 saturated carbocycles. The van der Waals surface area contributed by atoms with Gasteiger partial charge in [0.2, 0.25) is 0 Å². The Balaban J connectivity index is 0.00000320. The lowest BCUT2D eigenvalue weighted by Gasteiger charge is -2.20. The van der Waals surface area contributed by atoms with Crippen LogP contribution >= 0.6 is 65.2 Å². The van der Waals surface area contributed by atoms with Crippen LogP contribution in [0.4, 0.5) is 0 Å². The Bertz CT molecular complexity index is 860. The maximum Gasteiger partial charge on any atom is 0.158 e. The van der Waals surface area contributed by atoms with E-state index in [0.717, 1.165) is 0 Å². The van der Waals surface area contributed by atoms with Crippen LogP contribution in [-0.4, -0.2) is 6.66 Å². The van der Waals surface area contributed by atoms with Gasteiger partial charge in [0.25, 0.3) is 0 Å². The Labute approximate surface area is 213 Å². The van der Waals surface area contributed by atoms with E-state index in [4.69, 9.17) is 0 Å². The lowest BCUT2D eigenvalue weighted by atomic mass is 9.95. The molecule has 5 heteroatoms. The van der Waals surface area contributed by atoms with Crippen molar-refractivity contribution in [1.29, 1.82) is 0 Å². The van der Waals surface area contributed by atoms with Crippen LogP contribution in [0.3, 0.4) is 0 Å². The highest BCUT2D eigenvalue weighted by atomic mass is 127. The Morgan fingerprint density at radius 1 is 0.500 bits per heavy atom. The van der Waals surface area contributed by atoms with Gasteiger partial charge in [-0.15, -0.1) is 58.0 Å². The Hall–Kier alpha value is 0.260. The third-order valence-electron chi connectivity index (χ3n) is 5.32. The quantitative estimate of drug-likeness (QED) is 0.212. The van der Waals surface area contributed by atoms with Crippen LogP contribution in [0.1, 0.15) is 76.9 Å². The second-order valence-electron chi connectivity index (χ2n) is 11.2. The van der Waals surface area contributed by atoms with Crippen LogP contribution < -0.4 is 13.9 Å². The Morgan fingerprint density at radius 2 is 0.733 bits per heavy atom. The summed E-state index contributed by atoms with van der Waals surface area (Å²) in [6.07, 6.45) is 0. The fraction of sp³-hybridized carbons (Fsp3) is 0.520. The topological polar surface area (TPSA) is 0 Å². The minimum absolute atomic E-state index is 0. The first-order valence-corrected chi connectivity index (χ1v) is 15.0. The van der Waals surface area contributed by atoms with Crippen molar-refractivity contribution in [3.8, 4) is 0 Å². The zero-order chi connectivity index (χ0) is 21.8. The second kappa shape index (κ2) is 8.89. The van der Waals surface area contributed by atoms with Gasteiger partial charge in [0.1, 0.15) is 7.26 Å². The maximum absolute atomic E-state index is 2.54. The van der Waals surface area contributed by atoms with Gasteiger partial charge in [0.05, 0.1) is 6.66 Å². The normalized spacial score (nSPS) is 13.4. The van der Waals surface area contributed by atoms with Gasteiger partial charge in [0.15, 0.2) is 13.9 Å². The largest absolute Gasteiger partial charge is 0.158 e. The Morgan fingerprint density at radius 3 is 0.900 bits per heavy atom. The van der Waals surface area contributed by atoms with E-state index in [2.05, 4.69) is 105 Å². The van der Waals surface area contributed by atoms with Gasteiger partial charge in [-0.2, -0.15) is 0 Å². The molecule has 3 heterocycles. The molecule has 0 radical (unpaired) electrons. The minimum Gasteiger partial charge on any atom is -0.107 e. The predicted molar refractivity (Wildman–Crippen MR) is 156 cm³/mol. The summed E-state index contributed by atoms with van der Waals surface area (Å²) in [5, 5.41) is 0. The molecular weight excluding hydrogens is 554 g/mol. The van der Waals surface area contributed by atoms with Crippen LogP contribution in [0.25, 0.3) is 0 Å². The zero-order valence-electron chi connectivity index (χ0n) is 20.0.